The number of rotatable bonds is 1. The molecule has 0 aliphatic carbocycles. The number of nitrogens with two attached hydrogens (primary N) is 1. The van der Waals surface area contributed by atoms with Crippen molar-refractivity contribution in [1.82, 2.24) is 0 Å². The Kier molecular flexibility index (Phi) is 5.18. The second kappa shape index (κ2) is 6.64. The van der Waals surface area contributed by atoms with Crippen molar-refractivity contribution in [1.29, 1.82) is 0 Å². The number of pyridine rings is 1. The third-order valence-corrected chi connectivity index (χ3v) is 2.64. The van der Waals surface area contributed by atoms with Gasteiger partial charge in [0.15, 0.2) is 11.9 Å². The van der Waals surface area contributed by atoms with Gasteiger partial charge in [-0.25, -0.2) is 5.84 Å². The maximum Gasteiger partial charge on any atom is 0.240 e. The molecule has 4 nitrogen and oxygen atoms in total. The third kappa shape index (κ3) is 4.50. The molecule has 0 saturated heterocycles. The summed E-state index contributed by atoms with van der Waals surface area (Å²) in [6, 6.07) is 7.48. The summed E-state index contributed by atoms with van der Waals surface area (Å²) in [6.07, 6.45) is 3.43. The minimum atomic E-state index is 0.172. The first kappa shape index (κ1) is 14.8. The van der Waals surface area contributed by atoms with E-state index in [1.807, 2.05) is 45.0 Å². The molecule has 19 heavy (non-hydrogen) atoms. The molecule has 0 unspecified atom stereocenters. The van der Waals surface area contributed by atoms with E-state index in [0.29, 0.717) is 0 Å². The molecule has 1 aromatic carbocycles. The number of nitrogens with zero attached hydrogens (tertiary/aromatic N) is 1. The Morgan fingerprint density at radius 3 is 2.16 bits per heavy atom. The molecular formula is C15H20N2O2. The molecular weight excluding hydrogens is 240 g/mol. The summed E-state index contributed by atoms with van der Waals surface area (Å²) in [5, 5.41) is 11.1. The zero-order valence-corrected chi connectivity index (χ0v) is 11.8. The lowest BCUT2D eigenvalue weighted by Crippen LogP contribution is -2.43. The van der Waals surface area contributed by atoms with E-state index in [1.54, 1.807) is 19.5 Å². The second-order valence-corrected chi connectivity index (χ2v) is 4.42. The van der Waals surface area contributed by atoms with Gasteiger partial charge in [0.25, 0.3) is 0 Å². The Morgan fingerprint density at radius 2 is 1.74 bits per heavy atom. The fourth-order valence-corrected chi connectivity index (χ4v) is 1.76. The van der Waals surface area contributed by atoms with Crippen molar-refractivity contribution in [3.63, 3.8) is 0 Å². The van der Waals surface area contributed by atoms with Crippen molar-refractivity contribution in [3.8, 4) is 11.5 Å². The lowest BCUT2D eigenvalue weighted by molar-refractivity contribution is -0.639. The van der Waals surface area contributed by atoms with Crippen molar-refractivity contribution in [2.45, 2.75) is 20.8 Å². The molecule has 0 fully saturated rings. The standard InChI is InChI=1S/C9H12O.C6H9N2O/c1-6-4-7(2)9(10)8(3)5-6;1-9-6-3-2-4-8(7)5-6/h4-5,10H,1-3H3;2-5H,7H2,1H3/q;+1/p-1. The Hall–Kier alpha value is -2.23. The number of aromatic nitrogens is 1. The maximum absolute atomic E-state index is 11.1. The Labute approximate surface area is 114 Å². The SMILES string of the molecule is COc1ccc[n+](N)c1.Cc1cc(C)c([O-])c(C)c1. The van der Waals surface area contributed by atoms with Gasteiger partial charge in [-0.3, -0.25) is 0 Å². The predicted octanol–water partition coefficient (Wildman–Crippen LogP) is 1.38. The Bertz CT molecular complexity index is 531. The van der Waals surface area contributed by atoms with Gasteiger partial charge in [-0.1, -0.05) is 33.5 Å². The van der Waals surface area contributed by atoms with Crippen LogP contribution in [0, 0.1) is 20.8 Å². The zero-order chi connectivity index (χ0) is 14.4. The maximum atomic E-state index is 11.1. The first-order valence-electron chi connectivity index (χ1n) is 5.99. The van der Waals surface area contributed by atoms with Gasteiger partial charge >= 0.3 is 0 Å². The summed E-state index contributed by atoms with van der Waals surface area (Å²) >= 11 is 0. The van der Waals surface area contributed by atoms with Crippen LogP contribution in [0.2, 0.25) is 0 Å². The van der Waals surface area contributed by atoms with Crippen molar-refractivity contribution < 1.29 is 14.5 Å². The van der Waals surface area contributed by atoms with E-state index >= 15 is 0 Å². The van der Waals surface area contributed by atoms with Gasteiger partial charge in [0.2, 0.25) is 6.20 Å². The summed E-state index contributed by atoms with van der Waals surface area (Å²) in [5.74, 6) is 6.31. The Morgan fingerprint density at radius 1 is 1.16 bits per heavy atom. The van der Waals surface area contributed by atoms with E-state index in [2.05, 4.69) is 0 Å². The molecule has 4 heteroatoms. The number of hydrogen-bond donors (Lipinski definition) is 1. The fourth-order valence-electron chi connectivity index (χ4n) is 1.76. The van der Waals surface area contributed by atoms with Gasteiger partial charge in [-0.05, 0) is 26.8 Å². The second-order valence-electron chi connectivity index (χ2n) is 4.42. The van der Waals surface area contributed by atoms with Crippen LogP contribution in [0.1, 0.15) is 16.7 Å². The number of methoxy groups -OCH3 is 1. The molecule has 1 aromatic heterocycles. The van der Waals surface area contributed by atoms with Crippen LogP contribution in [0.15, 0.2) is 36.7 Å². The van der Waals surface area contributed by atoms with Crippen molar-refractivity contribution in [2.75, 3.05) is 13.0 Å². The molecule has 2 rings (SSSR count). The van der Waals surface area contributed by atoms with Crippen molar-refractivity contribution >= 4 is 0 Å². The van der Waals surface area contributed by atoms with Crippen LogP contribution in [0.4, 0.5) is 0 Å². The molecule has 0 spiro atoms. The molecule has 0 saturated carbocycles. The molecule has 0 bridgehead atoms. The van der Waals surface area contributed by atoms with Crippen LogP contribution in [0.5, 0.6) is 11.5 Å². The molecule has 2 aromatic rings. The monoisotopic (exact) mass is 260 g/mol. The van der Waals surface area contributed by atoms with Gasteiger partial charge in [0.05, 0.1) is 7.11 Å². The van der Waals surface area contributed by atoms with Gasteiger partial charge < -0.3 is 9.84 Å². The highest BCUT2D eigenvalue weighted by Crippen LogP contribution is 2.18. The predicted molar refractivity (Wildman–Crippen MR) is 73.4 cm³/mol. The first-order chi connectivity index (χ1) is 8.93. The van der Waals surface area contributed by atoms with Crippen LogP contribution in [-0.4, -0.2) is 7.11 Å². The highest BCUT2D eigenvalue weighted by atomic mass is 16.5. The largest absolute Gasteiger partial charge is 0.872 e. The lowest BCUT2D eigenvalue weighted by Gasteiger charge is -2.14. The molecule has 0 amide bonds. The molecule has 0 radical (unpaired) electrons. The highest BCUT2D eigenvalue weighted by Gasteiger charge is 1.94. The van der Waals surface area contributed by atoms with Crippen LogP contribution in [0.3, 0.4) is 0 Å². The molecule has 1 heterocycles. The van der Waals surface area contributed by atoms with Crippen LogP contribution < -0.4 is 20.4 Å². The van der Waals surface area contributed by atoms with E-state index in [4.69, 9.17) is 10.6 Å². The molecule has 0 atom stereocenters. The average molecular weight is 260 g/mol. The fraction of sp³-hybridized carbons (Fsp3) is 0.267. The highest BCUT2D eigenvalue weighted by molar-refractivity contribution is 5.40. The third-order valence-electron chi connectivity index (χ3n) is 2.64. The van der Waals surface area contributed by atoms with E-state index in [0.717, 1.165) is 22.4 Å². The number of benzene rings is 1. The van der Waals surface area contributed by atoms with E-state index in [1.165, 1.54) is 4.68 Å². The zero-order valence-electron chi connectivity index (χ0n) is 11.8. The van der Waals surface area contributed by atoms with Crippen molar-refractivity contribution in [3.05, 3.63) is 53.3 Å². The number of nitrogen functional groups attached to an aromatic ring is 1. The topological polar surface area (TPSA) is 62.2 Å². The lowest BCUT2D eigenvalue weighted by atomic mass is 10.1. The summed E-state index contributed by atoms with van der Waals surface area (Å²) in [6.45, 7) is 5.70. The normalized spacial score (nSPS) is 9.47. The van der Waals surface area contributed by atoms with Gasteiger partial charge in [0, 0.05) is 6.07 Å². The van der Waals surface area contributed by atoms with E-state index in [-0.39, 0.29) is 5.75 Å². The van der Waals surface area contributed by atoms with E-state index < -0.39 is 0 Å². The molecule has 0 aliphatic rings. The molecule has 0 aliphatic heterocycles. The minimum Gasteiger partial charge on any atom is -0.872 e. The van der Waals surface area contributed by atoms with Gasteiger partial charge in [-0.15, -0.1) is 5.75 Å². The molecule has 102 valence electrons. The molecule has 2 N–H and O–H groups in total. The summed E-state index contributed by atoms with van der Waals surface area (Å²) < 4.78 is 6.34. The first-order valence-corrected chi connectivity index (χ1v) is 5.99. The van der Waals surface area contributed by atoms with Crippen LogP contribution in [0.25, 0.3) is 0 Å². The quantitative estimate of drug-likeness (QED) is 0.622. The van der Waals surface area contributed by atoms with Gasteiger partial charge in [0.1, 0.15) is 0 Å². The van der Waals surface area contributed by atoms with Crippen molar-refractivity contribution in [2.24, 2.45) is 0 Å². The summed E-state index contributed by atoms with van der Waals surface area (Å²) in [7, 11) is 1.61. The number of ether oxygens (including phenoxy) is 1. The van der Waals surface area contributed by atoms with Crippen LogP contribution in [-0.2, 0) is 0 Å². The number of aryl methyl sites for hydroxylation is 3. The minimum absolute atomic E-state index is 0.172. The smallest absolute Gasteiger partial charge is 0.240 e. The average Bonchev–Trinajstić information content (AvgIpc) is 2.36. The van der Waals surface area contributed by atoms with E-state index in [9.17, 15) is 5.11 Å². The Balaban J connectivity index is 0.000000191. The van der Waals surface area contributed by atoms with Gasteiger partial charge in [-0.2, -0.15) is 0 Å². The van der Waals surface area contributed by atoms with Crippen LogP contribution >= 0.6 is 0 Å². The number of hydrogen-bond acceptors (Lipinski definition) is 3. The summed E-state index contributed by atoms with van der Waals surface area (Å²) in [4.78, 5) is 0. The summed E-state index contributed by atoms with van der Waals surface area (Å²) in [5.41, 5.74) is 2.85.